The first-order valence-electron chi connectivity index (χ1n) is 7.49. The lowest BCUT2D eigenvalue weighted by Gasteiger charge is -2.33. The smallest absolute Gasteiger partial charge is 0.263 e. The van der Waals surface area contributed by atoms with Gasteiger partial charge in [0.25, 0.3) is 5.91 Å². The van der Waals surface area contributed by atoms with Gasteiger partial charge >= 0.3 is 0 Å². The van der Waals surface area contributed by atoms with Gasteiger partial charge in [0, 0.05) is 12.7 Å². The van der Waals surface area contributed by atoms with Crippen LogP contribution in [0, 0.1) is 6.92 Å². The third-order valence-corrected chi connectivity index (χ3v) is 3.58. The molecule has 0 aliphatic carbocycles. The van der Waals surface area contributed by atoms with Gasteiger partial charge in [-0.1, -0.05) is 0 Å². The van der Waals surface area contributed by atoms with E-state index in [0.29, 0.717) is 31.3 Å². The van der Waals surface area contributed by atoms with Crippen LogP contribution in [-0.4, -0.2) is 56.8 Å². The van der Waals surface area contributed by atoms with Crippen LogP contribution in [0.5, 0.6) is 5.75 Å². The lowest BCUT2D eigenvalue weighted by Crippen LogP contribution is -2.47. The SMILES string of the molecule is Cc1nc([C@H]2CN(C(=O)[C@@H](C)Oc3cccnc3)CCO2)n[nH]1. The number of carbonyl (C=O) groups excluding carboxylic acids is 1. The van der Waals surface area contributed by atoms with E-state index in [1.54, 1.807) is 36.4 Å². The maximum absolute atomic E-state index is 12.6. The molecule has 1 aliphatic rings. The number of rotatable bonds is 4. The third kappa shape index (κ3) is 3.65. The number of aromatic nitrogens is 4. The first-order valence-corrected chi connectivity index (χ1v) is 7.49. The minimum absolute atomic E-state index is 0.0885. The molecule has 122 valence electrons. The van der Waals surface area contributed by atoms with Crippen LogP contribution in [0.4, 0.5) is 0 Å². The molecular formula is C15H19N5O3. The summed E-state index contributed by atoms with van der Waals surface area (Å²) in [5.41, 5.74) is 0. The molecule has 0 bridgehead atoms. The molecule has 1 saturated heterocycles. The minimum Gasteiger partial charge on any atom is -0.479 e. The summed E-state index contributed by atoms with van der Waals surface area (Å²) < 4.78 is 11.3. The summed E-state index contributed by atoms with van der Waals surface area (Å²) in [6, 6.07) is 3.54. The number of pyridine rings is 1. The van der Waals surface area contributed by atoms with Crippen molar-refractivity contribution in [3.63, 3.8) is 0 Å². The number of morpholine rings is 1. The van der Waals surface area contributed by atoms with Gasteiger partial charge in [0.05, 0.1) is 19.3 Å². The van der Waals surface area contributed by atoms with E-state index in [0.717, 1.165) is 5.82 Å². The number of H-pyrrole nitrogens is 1. The van der Waals surface area contributed by atoms with Gasteiger partial charge in [-0.15, -0.1) is 0 Å². The Morgan fingerprint density at radius 3 is 3.13 bits per heavy atom. The quantitative estimate of drug-likeness (QED) is 0.899. The molecule has 0 radical (unpaired) electrons. The van der Waals surface area contributed by atoms with E-state index >= 15 is 0 Å². The number of carbonyl (C=O) groups is 1. The van der Waals surface area contributed by atoms with Crippen LogP contribution >= 0.6 is 0 Å². The molecule has 1 aliphatic heterocycles. The van der Waals surface area contributed by atoms with Crippen molar-refractivity contribution in [3.8, 4) is 5.75 Å². The van der Waals surface area contributed by atoms with E-state index < -0.39 is 6.10 Å². The highest BCUT2D eigenvalue weighted by molar-refractivity contribution is 5.81. The van der Waals surface area contributed by atoms with Crippen molar-refractivity contribution in [1.29, 1.82) is 0 Å². The number of nitrogens with one attached hydrogen (secondary N) is 1. The van der Waals surface area contributed by atoms with Gasteiger partial charge in [0.1, 0.15) is 17.7 Å². The van der Waals surface area contributed by atoms with E-state index in [2.05, 4.69) is 20.2 Å². The van der Waals surface area contributed by atoms with Crippen LogP contribution in [0.15, 0.2) is 24.5 Å². The van der Waals surface area contributed by atoms with E-state index in [-0.39, 0.29) is 12.0 Å². The Kier molecular flexibility index (Phi) is 4.52. The van der Waals surface area contributed by atoms with Gasteiger partial charge in [0.15, 0.2) is 11.9 Å². The predicted molar refractivity (Wildman–Crippen MR) is 80.7 cm³/mol. The highest BCUT2D eigenvalue weighted by Crippen LogP contribution is 2.20. The van der Waals surface area contributed by atoms with Gasteiger partial charge in [-0.2, -0.15) is 5.10 Å². The molecule has 1 fully saturated rings. The molecule has 3 rings (SSSR count). The molecule has 8 nitrogen and oxygen atoms in total. The molecule has 0 spiro atoms. The Bertz CT molecular complexity index is 660. The highest BCUT2D eigenvalue weighted by atomic mass is 16.5. The molecule has 3 heterocycles. The van der Waals surface area contributed by atoms with Gasteiger partial charge in [-0.3, -0.25) is 14.9 Å². The normalized spacial score (nSPS) is 19.4. The average Bonchev–Trinajstić information content (AvgIpc) is 3.02. The maximum atomic E-state index is 12.6. The van der Waals surface area contributed by atoms with Gasteiger partial charge in [-0.25, -0.2) is 4.98 Å². The predicted octanol–water partition coefficient (Wildman–Crippen LogP) is 0.876. The number of hydrogen-bond donors (Lipinski definition) is 1. The molecule has 2 aromatic rings. The maximum Gasteiger partial charge on any atom is 0.263 e. The molecule has 2 atom stereocenters. The zero-order valence-corrected chi connectivity index (χ0v) is 13.1. The van der Waals surface area contributed by atoms with Crippen molar-refractivity contribution < 1.29 is 14.3 Å². The third-order valence-electron chi connectivity index (χ3n) is 3.58. The van der Waals surface area contributed by atoms with Crippen molar-refractivity contribution in [2.24, 2.45) is 0 Å². The summed E-state index contributed by atoms with van der Waals surface area (Å²) in [5, 5.41) is 6.90. The second-order valence-electron chi connectivity index (χ2n) is 5.37. The lowest BCUT2D eigenvalue weighted by atomic mass is 10.2. The summed E-state index contributed by atoms with van der Waals surface area (Å²) in [6.07, 6.45) is 2.34. The molecule has 1 amide bonds. The first-order chi connectivity index (χ1) is 11.1. The standard InChI is InChI=1S/C15H19N5O3/c1-10(23-12-4-3-5-16-8-12)15(21)20-6-7-22-13(9-20)14-17-11(2)18-19-14/h3-5,8,10,13H,6-7,9H2,1-2H3,(H,17,18,19)/t10-,13-/m1/s1. The van der Waals surface area contributed by atoms with Gasteiger partial charge in [-0.05, 0) is 26.0 Å². The second kappa shape index (κ2) is 6.74. The molecule has 23 heavy (non-hydrogen) atoms. The summed E-state index contributed by atoms with van der Waals surface area (Å²) in [4.78, 5) is 22.5. The number of nitrogens with zero attached hydrogens (tertiary/aromatic N) is 4. The van der Waals surface area contributed by atoms with E-state index in [9.17, 15) is 4.79 Å². The fourth-order valence-electron chi connectivity index (χ4n) is 2.44. The van der Waals surface area contributed by atoms with Gasteiger partial charge in [0.2, 0.25) is 0 Å². The first kappa shape index (κ1) is 15.4. The summed E-state index contributed by atoms with van der Waals surface area (Å²) in [7, 11) is 0. The average molecular weight is 317 g/mol. The molecule has 0 unspecified atom stereocenters. The number of hydrogen-bond acceptors (Lipinski definition) is 6. The van der Waals surface area contributed by atoms with Crippen molar-refractivity contribution in [2.75, 3.05) is 19.7 Å². The monoisotopic (exact) mass is 317 g/mol. The van der Waals surface area contributed by atoms with Crippen molar-refractivity contribution >= 4 is 5.91 Å². The molecule has 0 aromatic carbocycles. The Labute approximate surface area is 133 Å². The van der Waals surface area contributed by atoms with Crippen LogP contribution in [0.25, 0.3) is 0 Å². The number of ether oxygens (including phenoxy) is 2. The second-order valence-corrected chi connectivity index (χ2v) is 5.37. The van der Waals surface area contributed by atoms with E-state index in [4.69, 9.17) is 9.47 Å². The summed E-state index contributed by atoms with van der Waals surface area (Å²) >= 11 is 0. The van der Waals surface area contributed by atoms with Crippen molar-refractivity contribution in [3.05, 3.63) is 36.2 Å². The van der Waals surface area contributed by atoms with Gasteiger partial charge < -0.3 is 14.4 Å². The molecule has 0 saturated carbocycles. The van der Waals surface area contributed by atoms with Crippen molar-refractivity contribution in [2.45, 2.75) is 26.1 Å². The minimum atomic E-state index is -0.591. The Morgan fingerprint density at radius 1 is 1.57 bits per heavy atom. The number of amides is 1. The largest absolute Gasteiger partial charge is 0.479 e. The van der Waals surface area contributed by atoms with Crippen LogP contribution < -0.4 is 4.74 Å². The number of aryl methyl sites for hydroxylation is 1. The molecular weight excluding hydrogens is 298 g/mol. The fraction of sp³-hybridized carbons (Fsp3) is 0.467. The fourth-order valence-corrected chi connectivity index (χ4v) is 2.44. The van der Waals surface area contributed by atoms with Crippen LogP contribution in [0.3, 0.4) is 0 Å². The van der Waals surface area contributed by atoms with E-state index in [1.165, 1.54) is 0 Å². The lowest BCUT2D eigenvalue weighted by molar-refractivity contribution is -0.146. The Morgan fingerprint density at radius 2 is 2.43 bits per heavy atom. The summed E-state index contributed by atoms with van der Waals surface area (Å²) in [5.74, 6) is 1.78. The van der Waals surface area contributed by atoms with Crippen molar-refractivity contribution in [1.82, 2.24) is 25.1 Å². The molecule has 1 N–H and O–H groups in total. The summed E-state index contributed by atoms with van der Waals surface area (Å²) in [6.45, 7) is 4.95. The van der Waals surface area contributed by atoms with Crippen LogP contribution in [0.1, 0.15) is 24.7 Å². The zero-order valence-electron chi connectivity index (χ0n) is 13.1. The van der Waals surface area contributed by atoms with Crippen LogP contribution in [0.2, 0.25) is 0 Å². The Hall–Kier alpha value is -2.48. The highest BCUT2D eigenvalue weighted by Gasteiger charge is 2.30. The van der Waals surface area contributed by atoms with Crippen LogP contribution in [-0.2, 0) is 9.53 Å². The topological polar surface area (TPSA) is 93.2 Å². The van der Waals surface area contributed by atoms with E-state index in [1.807, 2.05) is 6.92 Å². The molecule has 8 heteroatoms. The zero-order chi connectivity index (χ0) is 16.2. The molecule has 2 aromatic heterocycles. The number of aromatic amines is 1. The Balaban J connectivity index is 1.62.